The largest absolute Gasteiger partial charge is 0.456 e. The lowest BCUT2D eigenvalue weighted by molar-refractivity contribution is 0.475. The van der Waals surface area contributed by atoms with Crippen molar-refractivity contribution in [2.24, 2.45) is 5.73 Å². The molecular formula is C14H12FNOS. The van der Waals surface area contributed by atoms with Crippen LogP contribution in [-0.4, -0.2) is 4.99 Å². The molecule has 0 saturated carbocycles. The van der Waals surface area contributed by atoms with E-state index in [0.717, 1.165) is 0 Å². The molecule has 2 rings (SSSR count). The molecule has 0 aromatic heterocycles. The van der Waals surface area contributed by atoms with Gasteiger partial charge >= 0.3 is 0 Å². The molecule has 92 valence electrons. The lowest BCUT2D eigenvalue weighted by atomic mass is 10.2. The van der Waals surface area contributed by atoms with Crippen LogP contribution < -0.4 is 10.5 Å². The second-order valence-electron chi connectivity index (χ2n) is 3.87. The van der Waals surface area contributed by atoms with Gasteiger partial charge in [-0.05, 0) is 42.8 Å². The third kappa shape index (κ3) is 2.65. The van der Waals surface area contributed by atoms with Crippen LogP contribution in [0.25, 0.3) is 0 Å². The fraction of sp³-hybridized carbons (Fsp3) is 0.0714. The Morgan fingerprint density at radius 3 is 2.56 bits per heavy atom. The first-order chi connectivity index (χ1) is 8.58. The Balaban J connectivity index is 2.37. The maximum atomic E-state index is 13.0. The third-order valence-corrected chi connectivity index (χ3v) is 2.73. The second-order valence-corrected chi connectivity index (χ2v) is 4.31. The van der Waals surface area contributed by atoms with Crippen molar-refractivity contribution in [2.45, 2.75) is 6.92 Å². The van der Waals surface area contributed by atoms with E-state index >= 15 is 0 Å². The number of aryl methyl sites for hydroxylation is 1. The van der Waals surface area contributed by atoms with Crippen molar-refractivity contribution in [3.05, 3.63) is 59.4 Å². The fourth-order valence-corrected chi connectivity index (χ4v) is 1.77. The summed E-state index contributed by atoms with van der Waals surface area (Å²) in [7, 11) is 0. The van der Waals surface area contributed by atoms with Crippen molar-refractivity contribution in [2.75, 3.05) is 0 Å². The zero-order valence-electron chi connectivity index (χ0n) is 9.81. The zero-order chi connectivity index (χ0) is 13.1. The molecule has 18 heavy (non-hydrogen) atoms. The molecule has 2 aromatic carbocycles. The average Bonchev–Trinajstić information content (AvgIpc) is 2.33. The van der Waals surface area contributed by atoms with Gasteiger partial charge in [0.2, 0.25) is 0 Å². The fourth-order valence-electron chi connectivity index (χ4n) is 1.60. The van der Waals surface area contributed by atoms with Crippen LogP contribution >= 0.6 is 12.2 Å². The van der Waals surface area contributed by atoms with Gasteiger partial charge in [0, 0.05) is 0 Å². The van der Waals surface area contributed by atoms with E-state index in [2.05, 4.69) is 0 Å². The van der Waals surface area contributed by atoms with Crippen LogP contribution in [0.3, 0.4) is 0 Å². The summed E-state index contributed by atoms with van der Waals surface area (Å²) in [6.07, 6.45) is 0. The lowest BCUT2D eigenvalue weighted by Gasteiger charge is -2.11. The number of para-hydroxylation sites is 1. The monoisotopic (exact) mass is 261 g/mol. The standard InChI is InChI=1S/C14H12FNOS/c1-9-8-10(15)6-7-12(9)17-13-5-3-2-4-11(13)14(16)18/h2-8H,1H3,(H2,16,18). The van der Waals surface area contributed by atoms with Crippen molar-refractivity contribution in [1.82, 2.24) is 0 Å². The van der Waals surface area contributed by atoms with Gasteiger partial charge in [-0.2, -0.15) is 0 Å². The smallest absolute Gasteiger partial charge is 0.137 e. The third-order valence-electron chi connectivity index (χ3n) is 2.51. The van der Waals surface area contributed by atoms with Gasteiger partial charge in [-0.25, -0.2) is 4.39 Å². The predicted octanol–water partition coefficient (Wildman–Crippen LogP) is 3.56. The van der Waals surface area contributed by atoms with Crippen LogP contribution in [0.2, 0.25) is 0 Å². The zero-order valence-corrected chi connectivity index (χ0v) is 10.6. The van der Waals surface area contributed by atoms with Gasteiger partial charge in [0.1, 0.15) is 22.3 Å². The summed E-state index contributed by atoms with van der Waals surface area (Å²) in [6, 6.07) is 11.6. The molecule has 0 amide bonds. The molecule has 0 aliphatic rings. The molecule has 0 fully saturated rings. The van der Waals surface area contributed by atoms with E-state index in [4.69, 9.17) is 22.7 Å². The number of hydrogen-bond donors (Lipinski definition) is 1. The molecule has 0 spiro atoms. The first-order valence-corrected chi connectivity index (χ1v) is 5.81. The number of thiocarbonyl (C=S) groups is 1. The first-order valence-electron chi connectivity index (χ1n) is 5.41. The predicted molar refractivity (Wildman–Crippen MR) is 73.5 cm³/mol. The van der Waals surface area contributed by atoms with Gasteiger partial charge in [-0.3, -0.25) is 0 Å². The SMILES string of the molecule is Cc1cc(F)ccc1Oc1ccccc1C(N)=S. The molecule has 0 aliphatic carbocycles. The number of halogens is 1. The second kappa shape index (κ2) is 5.14. The Labute approximate surface area is 110 Å². The van der Waals surface area contributed by atoms with Gasteiger partial charge in [0.15, 0.2) is 0 Å². The quantitative estimate of drug-likeness (QED) is 0.858. The molecule has 4 heteroatoms. The van der Waals surface area contributed by atoms with Crippen LogP contribution in [0.1, 0.15) is 11.1 Å². The summed E-state index contributed by atoms with van der Waals surface area (Å²) in [5, 5.41) is 0. The van der Waals surface area contributed by atoms with Gasteiger partial charge in [0.25, 0.3) is 0 Å². The van der Waals surface area contributed by atoms with Gasteiger partial charge in [-0.15, -0.1) is 0 Å². The van der Waals surface area contributed by atoms with Crippen LogP contribution in [0.5, 0.6) is 11.5 Å². The summed E-state index contributed by atoms with van der Waals surface area (Å²) < 4.78 is 18.7. The molecule has 0 saturated heterocycles. The average molecular weight is 261 g/mol. The van der Waals surface area contributed by atoms with E-state index in [1.807, 2.05) is 12.1 Å². The number of benzene rings is 2. The van der Waals surface area contributed by atoms with Crippen molar-refractivity contribution in [1.29, 1.82) is 0 Å². The topological polar surface area (TPSA) is 35.2 Å². The molecule has 0 bridgehead atoms. The van der Waals surface area contributed by atoms with E-state index in [-0.39, 0.29) is 10.8 Å². The molecule has 2 aromatic rings. The molecule has 0 heterocycles. The summed E-state index contributed by atoms with van der Waals surface area (Å²) in [4.78, 5) is 0.269. The minimum absolute atomic E-state index is 0.269. The van der Waals surface area contributed by atoms with Crippen molar-refractivity contribution in [3.63, 3.8) is 0 Å². The van der Waals surface area contributed by atoms with Crippen molar-refractivity contribution in [3.8, 4) is 11.5 Å². The normalized spacial score (nSPS) is 10.1. The van der Waals surface area contributed by atoms with E-state index in [0.29, 0.717) is 22.6 Å². The Kier molecular flexibility index (Phi) is 3.58. The van der Waals surface area contributed by atoms with Crippen LogP contribution in [0.15, 0.2) is 42.5 Å². The molecule has 0 atom stereocenters. The van der Waals surface area contributed by atoms with Gasteiger partial charge < -0.3 is 10.5 Å². The summed E-state index contributed by atoms with van der Waals surface area (Å²) in [5.74, 6) is 0.863. The highest BCUT2D eigenvalue weighted by Gasteiger charge is 2.08. The molecule has 0 aliphatic heterocycles. The summed E-state index contributed by atoms with van der Waals surface area (Å²) in [5.41, 5.74) is 7.00. The number of rotatable bonds is 3. The first kappa shape index (κ1) is 12.5. The minimum atomic E-state index is -0.289. The van der Waals surface area contributed by atoms with Gasteiger partial charge in [-0.1, -0.05) is 24.4 Å². The molecule has 0 unspecified atom stereocenters. The Morgan fingerprint density at radius 2 is 1.89 bits per heavy atom. The Bertz CT molecular complexity index is 598. The number of nitrogens with two attached hydrogens (primary N) is 1. The maximum Gasteiger partial charge on any atom is 0.137 e. The molecule has 2 N–H and O–H groups in total. The van der Waals surface area contributed by atoms with Gasteiger partial charge in [0.05, 0.1) is 5.56 Å². The van der Waals surface area contributed by atoms with Crippen molar-refractivity contribution < 1.29 is 9.13 Å². The Morgan fingerprint density at radius 1 is 1.17 bits per heavy atom. The van der Waals surface area contributed by atoms with E-state index < -0.39 is 0 Å². The summed E-state index contributed by atoms with van der Waals surface area (Å²) in [6.45, 7) is 1.78. The minimum Gasteiger partial charge on any atom is -0.456 e. The van der Waals surface area contributed by atoms with Crippen LogP contribution in [-0.2, 0) is 0 Å². The number of hydrogen-bond acceptors (Lipinski definition) is 2. The summed E-state index contributed by atoms with van der Waals surface area (Å²) >= 11 is 4.96. The highest BCUT2D eigenvalue weighted by Crippen LogP contribution is 2.28. The highest BCUT2D eigenvalue weighted by atomic mass is 32.1. The molecular weight excluding hydrogens is 249 g/mol. The van der Waals surface area contributed by atoms with E-state index in [1.165, 1.54) is 12.1 Å². The van der Waals surface area contributed by atoms with Crippen molar-refractivity contribution >= 4 is 17.2 Å². The molecule has 2 nitrogen and oxygen atoms in total. The van der Waals surface area contributed by atoms with Crippen LogP contribution in [0.4, 0.5) is 4.39 Å². The van der Waals surface area contributed by atoms with E-state index in [1.54, 1.807) is 25.1 Å². The number of ether oxygens (including phenoxy) is 1. The van der Waals surface area contributed by atoms with E-state index in [9.17, 15) is 4.39 Å². The highest BCUT2D eigenvalue weighted by molar-refractivity contribution is 7.80. The van der Waals surface area contributed by atoms with Crippen LogP contribution in [0, 0.1) is 12.7 Å². The Hall–Kier alpha value is -1.94. The molecule has 0 radical (unpaired) electrons. The maximum absolute atomic E-state index is 13.0. The lowest BCUT2D eigenvalue weighted by Crippen LogP contribution is -2.10.